The van der Waals surface area contributed by atoms with E-state index in [1.165, 1.54) is 13.1 Å². The SMILES string of the molecule is C[C@H](C(=O)N/N=C\c1ccc(OCC#N)cc1)N(c1ccc(Oc2ccccc2)cc1)S(C)(=O)=O. The molecular weight excluding hydrogens is 468 g/mol. The van der Waals surface area contributed by atoms with Gasteiger partial charge in [-0.25, -0.2) is 13.8 Å². The molecule has 3 aromatic carbocycles. The third-order valence-corrected chi connectivity index (χ3v) is 5.97. The lowest BCUT2D eigenvalue weighted by molar-refractivity contribution is -0.121. The first kappa shape index (κ1) is 25.3. The van der Waals surface area contributed by atoms with E-state index >= 15 is 0 Å². The molecule has 0 aliphatic carbocycles. The van der Waals surface area contributed by atoms with Crippen molar-refractivity contribution in [3.63, 3.8) is 0 Å². The van der Waals surface area contributed by atoms with Gasteiger partial charge < -0.3 is 9.47 Å². The first-order chi connectivity index (χ1) is 16.8. The van der Waals surface area contributed by atoms with Crippen LogP contribution in [0.15, 0.2) is 84.0 Å². The fraction of sp³-hybridized carbons (Fsp3) is 0.160. The number of nitrogens with one attached hydrogen (secondary N) is 1. The second-order valence-corrected chi connectivity index (χ2v) is 9.25. The molecule has 3 aromatic rings. The quantitative estimate of drug-likeness (QED) is 0.340. The van der Waals surface area contributed by atoms with Gasteiger partial charge in [-0.15, -0.1) is 0 Å². The summed E-state index contributed by atoms with van der Waals surface area (Å²) < 4.78 is 36.9. The summed E-state index contributed by atoms with van der Waals surface area (Å²) in [5, 5.41) is 12.5. The van der Waals surface area contributed by atoms with Gasteiger partial charge in [0.15, 0.2) is 6.61 Å². The molecule has 0 aliphatic heterocycles. The van der Waals surface area contributed by atoms with Gasteiger partial charge in [0, 0.05) is 0 Å². The molecule has 180 valence electrons. The zero-order chi connectivity index (χ0) is 25.3. The summed E-state index contributed by atoms with van der Waals surface area (Å²) in [5.74, 6) is 1.10. The van der Waals surface area contributed by atoms with Crippen LogP contribution in [0, 0.1) is 11.3 Å². The number of carbonyl (C=O) groups is 1. The number of nitriles is 1. The Balaban J connectivity index is 1.67. The number of carbonyl (C=O) groups excluding carboxylic acids is 1. The third-order valence-electron chi connectivity index (χ3n) is 4.73. The van der Waals surface area contributed by atoms with Crippen molar-refractivity contribution < 1.29 is 22.7 Å². The van der Waals surface area contributed by atoms with Crippen LogP contribution in [-0.4, -0.2) is 39.4 Å². The molecule has 0 radical (unpaired) electrons. The topological polar surface area (TPSA) is 121 Å². The highest BCUT2D eigenvalue weighted by atomic mass is 32.2. The van der Waals surface area contributed by atoms with Gasteiger partial charge in [-0.3, -0.25) is 9.10 Å². The molecule has 9 nitrogen and oxygen atoms in total. The zero-order valence-corrected chi connectivity index (χ0v) is 20.0. The van der Waals surface area contributed by atoms with Crippen LogP contribution < -0.4 is 19.2 Å². The Labute approximate surface area is 204 Å². The van der Waals surface area contributed by atoms with Crippen LogP contribution in [0.1, 0.15) is 12.5 Å². The van der Waals surface area contributed by atoms with Crippen LogP contribution in [0.4, 0.5) is 5.69 Å². The van der Waals surface area contributed by atoms with Crippen LogP contribution in [0.3, 0.4) is 0 Å². The Morgan fingerprint density at radius 3 is 2.23 bits per heavy atom. The molecule has 1 amide bonds. The van der Waals surface area contributed by atoms with Gasteiger partial charge in [0.05, 0.1) is 18.2 Å². The van der Waals surface area contributed by atoms with Crippen LogP contribution >= 0.6 is 0 Å². The summed E-state index contributed by atoms with van der Waals surface area (Å²) in [7, 11) is -3.78. The average Bonchev–Trinajstić information content (AvgIpc) is 2.84. The van der Waals surface area contributed by atoms with Gasteiger partial charge in [-0.1, -0.05) is 18.2 Å². The molecular formula is C25H24N4O5S. The number of amides is 1. The van der Waals surface area contributed by atoms with E-state index in [0.717, 1.165) is 10.6 Å². The molecule has 1 atom stereocenters. The van der Waals surface area contributed by atoms with E-state index in [1.54, 1.807) is 60.7 Å². The molecule has 0 spiro atoms. The van der Waals surface area contributed by atoms with Gasteiger partial charge in [0.2, 0.25) is 10.0 Å². The van der Waals surface area contributed by atoms with Gasteiger partial charge in [-0.05, 0) is 73.2 Å². The number of anilines is 1. The molecule has 0 saturated heterocycles. The van der Waals surface area contributed by atoms with Crippen molar-refractivity contribution >= 4 is 27.8 Å². The molecule has 35 heavy (non-hydrogen) atoms. The maximum absolute atomic E-state index is 12.7. The van der Waals surface area contributed by atoms with Crippen molar-refractivity contribution in [2.24, 2.45) is 5.10 Å². The smallest absolute Gasteiger partial charge is 0.263 e. The largest absolute Gasteiger partial charge is 0.479 e. The lowest BCUT2D eigenvalue weighted by atomic mass is 10.2. The monoisotopic (exact) mass is 492 g/mol. The van der Waals surface area contributed by atoms with Crippen molar-refractivity contribution in [3.05, 3.63) is 84.4 Å². The Bertz CT molecular complexity index is 1300. The number of ether oxygens (including phenoxy) is 2. The minimum absolute atomic E-state index is 0.0546. The summed E-state index contributed by atoms with van der Waals surface area (Å²) in [6, 6.07) is 23.1. The molecule has 10 heteroatoms. The predicted octanol–water partition coefficient (Wildman–Crippen LogP) is 3.69. The first-order valence-electron chi connectivity index (χ1n) is 10.5. The van der Waals surface area contributed by atoms with E-state index in [4.69, 9.17) is 14.7 Å². The highest BCUT2D eigenvalue weighted by Crippen LogP contribution is 2.27. The van der Waals surface area contributed by atoms with Crippen molar-refractivity contribution in [2.45, 2.75) is 13.0 Å². The number of hydrogen-bond donors (Lipinski definition) is 1. The second-order valence-electron chi connectivity index (χ2n) is 7.39. The minimum Gasteiger partial charge on any atom is -0.479 e. The number of hydrazone groups is 1. The molecule has 0 saturated carbocycles. The summed E-state index contributed by atoms with van der Waals surface area (Å²) in [6.45, 7) is 1.42. The number of sulfonamides is 1. The molecule has 3 rings (SSSR count). The minimum atomic E-state index is -3.78. The molecule has 0 fully saturated rings. The van der Waals surface area contributed by atoms with E-state index in [0.29, 0.717) is 28.5 Å². The van der Waals surface area contributed by atoms with Crippen molar-refractivity contribution in [1.29, 1.82) is 5.26 Å². The molecule has 0 aromatic heterocycles. The van der Waals surface area contributed by atoms with Crippen molar-refractivity contribution in [1.82, 2.24) is 5.43 Å². The number of para-hydroxylation sites is 1. The van der Waals surface area contributed by atoms with Crippen molar-refractivity contribution in [3.8, 4) is 23.3 Å². The Morgan fingerprint density at radius 2 is 1.63 bits per heavy atom. The molecule has 0 aliphatic rings. The van der Waals surface area contributed by atoms with Gasteiger partial charge >= 0.3 is 0 Å². The highest BCUT2D eigenvalue weighted by Gasteiger charge is 2.29. The second kappa shape index (κ2) is 11.7. The molecule has 0 bridgehead atoms. The average molecular weight is 493 g/mol. The van der Waals surface area contributed by atoms with E-state index in [2.05, 4.69) is 10.5 Å². The number of nitrogens with zero attached hydrogens (tertiary/aromatic N) is 3. The highest BCUT2D eigenvalue weighted by molar-refractivity contribution is 7.92. The standard InChI is InChI=1S/C25H24N4O5S/c1-19(25(30)28-27-18-20-8-12-22(13-9-20)33-17-16-26)29(35(2,31)32)21-10-14-24(15-11-21)34-23-6-4-3-5-7-23/h3-15,18-19H,17H2,1-2H3,(H,28,30)/b27-18-/t19-/m1/s1. The van der Waals surface area contributed by atoms with Crippen LogP contribution in [0.2, 0.25) is 0 Å². The summed E-state index contributed by atoms with van der Waals surface area (Å²) in [6.07, 6.45) is 2.45. The van der Waals surface area contributed by atoms with Gasteiger partial charge in [0.25, 0.3) is 5.91 Å². The molecule has 1 N–H and O–H groups in total. The maximum atomic E-state index is 12.7. The normalized spacial score (nSPS) is 11.9. The zero-order valence-electron chi connectivity index (χ0n) is 19.2. The summed E-state index contributed by atoms with van der Waals surface area (Å²) in [4.78, 5) is 12.7. The lowest BCUT2D eigenvalue weighted by Gasteiger charge is -2.27. The molecule has 0 unspecified atom stereocenters. The van der Waals surface area contributed by atoms with Crippen LogP contribution in [0.5, 0.6) is 17.2 Å². The van der Waals surface area contributed by atoms with Gasteiger partial charge in [-0.2, -0.15) is 10.4 Å². The van der Waals surface area contributed by atoms with E-state index < -0.39 is 22.0 Å². The lowest BCUT2D eigenvalue weighted by Crippen LogP contribution is -2.46. The summed E-state index contributed by atoms with van der Waals surface area (Å²) in [5.41, 5.74) is 3.36. The van der Waals surface area contributed by atoms with E-state index in [9.17, 15) is 13.2 Å². The fourth-order valence-corrected chi connectivity index (χ4v) is 4.30. The third kappa shape index (κ3) is 7.31. The van der Waals surface area contributed by atoms with Crippen LogP contribution in [0.25, 0.3) is 0 Å². The Morgan fingerprint density at radius 1 is 1.03 bits per heavy atom. The van der Waals surface area contributed by atoms with E-state index in [1.807, 2.05) is 24.3 Å². The van der Waals surface area contributed by atoms with E-state index in [-0.39, 0.29) is 6.61 Å². The fourth-order valence-electron chi connectivity index (χ4n) is 3.12. The predicted molar refractivity (Wildman–Crippen MR) is 133 cm³/mol. The summed E-state index contributed by atoms with van der Waals surface area (Å²) >= 11 is 0. The maximum Gasteiger partial charge on any atom is 0.263 e. The molecule has 0 heterocycles. The van der Waals surface area contributed by atoms with Crippen molar-refractivity contribution in [2.75, 3.05) is 17.2 Å². The van der Waals surface area contributed by atoms with Gasteiger partial charge in [0.1, 0.15) is 29.4 Å². The Kier molecular flexibility index (Phi) is 8.43. The Hall–Kier alpha value is -4.36. The number of benzene rings is 3. The number of hydrogen-bond acceptors (Lipinski definition) is 7. The first-order valence-corrected chi connectivity index (χ1v) is 12.4. The number of rotatable bonds is 10. The van der Waals surface area contributed by atoms with Crippen LogP contribution in [-0.2, 0) is 14.8 Å².